The second kappa shape index (κ2) is 7.05. The van der Waals surface area contributed by atoms with Gasteiger partial charge in [-0.2, -0.15) is 0 Å². The standard InChI is InChI=1S/C20H31N5O/c1-24(2)18-21-13-15-9-11-20(17(15)23-18)10-6-12-25(14-20)19(26)22-16-7-4-3-5-8-16/h13,16H,3-12,14H2,1-2H3,(H,22,26). The lowest BCUT2D eigenvalue weighted by molar-refractivity contribution is 0.143. The number of urea groups is 1. The van der Waals surface area contributed by atoms with Gasteiger partial charge in [0, 0.05) is 44.8 Å². The molecule has 2 fully saturated rings. The molecule has 3 aliphatic rings. The van der Waals surface area contributed by atoms with E-state index in [1.54, 1.807) is 0 Å². The Morgan fingerprint density at radius 3 is 2.81 bits per heavy atom. The van der Waals surface area contributed by atoms with E-state index >= 15 is 0 Å². The Balaban J connectivity index is 1.50. The Hall–Kier alpha value is -1.85. The highest BCUT2D eigenvalue weighted by Gasteiger charge is 2.45. The number of carbonyl (C=O) groups excluding carboxylic acids is 1. The van der Waals surface area contributed by atoms with E-state index in [0.29, 0.717) is 6.04 Å². The summed E-state index contributed by atoms with van der Waals surface area (Å²) in [5.74, 6) is 0.772. The largest absolute Gasteiger partial charge is 0.347 e. The maximum atomic E-state index is 12.9. The van der Waals surface area contributed by atoms with E-state index in [1.807, 2.05) is 30.1 Å². The van der Waals surface area contributed by atoms with E-state index in [9.17, 15) is 4.79 Å². The highest BCUT2D eigenvalue weighted by molar-refractivity contribution is 5.75. The summed E-state index contributed by atoms with van der Waals surface area (Å²) < 4.78 is 0. The fraction of sp³-hybridized carbons (Fsp3) is 0.750. The van der Waals surface area contributed by atoms with Gasteiger partial charge in [0.2, 0.25) is 5.95 Å². The van der Waals surface area contributed by atoms with Gasteiger partial charge in [0.05, 0.1) is 5.69 Å². The number of anilines is 1. The van der Waals surface area contributed by atoms with Crippen LogP contribution in [0.4, 0.5) is 10.7 Å². The lowest BCUT2D eigenvalue weighted by Gasteiger charge is -2.41. The zero-order valence-corrected chi connectivity index (χ0v) is 16.1. The van der Waals surface area contributed by atoms with Gasteiger partial charge in [0.1, 0.15) is 0 Å². The monoisotopic (exact) mass is 357 g/mol. The molecule has 1 aromatic heterocycles. The predicted octanol–water partition coefficient (Wildman–Crippen LogP) is 2.86. The lowest BCUT2D eigenvalue weighted by atomic mass is 9.77. The van der Waals surface area contributed by atoms with Crippen LogP contribution >= 0.6 is 0 Å². The lowest BCUT2D eigenvalue weighted by Crippen LogP contribution is -2.53. The minimum absolute atomic E-state index is 0.0190. The van der Waals surface area contributed by atoms with E-state index in [1.165, 1.54) is 30.5 Å². The van der Waals surface area contributed by atoms with Crippen molar-refractivity contribution in [3.8, 4) is 0 Å². The third-order valence-corrected chi connectivity index (χ3v) is 6.42. The molecule has 0 bridgehead atoms. The summed E-state index contributed by atoms with van der Waals surface area (Å²) >= 11 is 0. The van der Waals surface area contributed by atoms with Crippen molar-refractivity contribution in [3.63, 3.8) is 0 Å². The summed E-state index contributed by atoms with van der Waals surface area (Å²) in [4.78, 5) is 26.3. The Morgan fingerprint density at radius 1 is 1.23 bits per heavy atom. The highest BCUT2D eigenvalue weighted by atomic mass is 16.2. The number of aromatic nitrogens is 2. The minimum atomic E-state index is 0.0190. The number of rotatable bonds is 2. The number of piperidine rings is 1. The average molecular weight is 358 g/mol. The fourth-order valence-electron chi connectivity index (χ4n) is 4.96. The van der Waals surface area contributed by atoms with Crippen LogP contribution in [0.25, 0.3) is 0 Å². The number of nitrogens with one attached hydrogen (secondary N) is 1. The summed E-state index contributed by atoms with van der Waals surface area (Å²) in [6.07, 6.45) is 12.3. The molecule has 1 N–H and O–H groups in total. The number of likely N-dealkylation sites (tertiary alicyclic amines) is 1. The number of hydrogen-bond donors (Lipinski definition) is 1. The van der Waals surface area contributed by atoms with Crippen LogP contribution in [0.2, 0.25) is 0 Å². The molecular formula is C20H31N5O. The van der Waals surface area contributed by atoms with Crippen LogP contribution in [0.3, 0.4) is 0 Å². The van der Waals surface area contributed by atoms with Crippen LogP contribution in [0.5, 0.6) is 0 Å². The van der Waals surface area contributed by atoms with E-state index in [-0.39, 0.29) is 11.4 Å². The second-order valence-electron chi connectivity index (χ2n) is 8.53. The minimum Gasteiger partial charge on any atom is -0.347 e. The molecule has 1 saturated carbocycles. The smallest absolute Gasteiger partial charge is 0.317 e. The van der Waals surface area contributed by atoms with E-state index in [2.05, 4.69) is 10.3 Å². The molecule has 142 valence electrons. The van der Waals surface area contributed by atoms with Crippen molar-refractivity contribution in [2.75, 3.05) is 32.1 Å². The van der Waals surface area contributed by atoms with Gasteiger partial charge in [0.25, 0.3) is 0 Å². The van der Waals surface area contributed by atoms with Gasteiger partial charge in [-0.05, 0) is 44.1 Å². The van der Waals surface area contributed by atoms with Gasteiger partial charge in [-0.1, -0.05) is 19.3 Å². The summed E-state index contributed by atoms with van der Waals surface area (Å²) in [6, 6.07) is 0.499. The SMILES string of the molecule is CN(C)c1ncc2c(n1)C1(CCCN(C(=O)NC3CCCCC3)C1)CC2. The van der Waals surface area contributed by atoms with Crippen molar-refractivity contribution < 1.29 is 4.79 Å². The van der Waals surface area contributed by atoms with Crippen LogP contribution in [0, 0.1) is 0 Å². The maximum Gasteiger partial charge on any atom is 0.317 e. The van der Waals surface area contributed by atoms with Crippen molar-refractivity contribution in [2.24, 2.45) is 0 Å². The molecule has 0 radical (unpaired) electrons. The molecule has 4 rings (SSSR count). The average Bonchev–Trinajstić information content (AvgIpc) is 3.00. The maximum absolute atomic E-state index is 12.9. The van der Waals surface area contributed by atoms with Crippen molar-refractivity contribution in [1.82, 2.24) is 20.2 Å². The number of carbonyl (C=O) groups is 1. The van der Waals surface area contributed by atoms with E-state index < -0.39 is 0 Å². The normalized spacial score (nSPS) is 26.0. The van der Waals surface area contributed by atoms with Crippen molar-refractivity contribution >= 4 is 12.0 Å². The first-order chi connectivity index (χ1) is 12.6. The number of aryl methyl sites for hydroxylation is 1. The van der Waals surface area contributed by atoms with Gasteiger partial charge < -0.3 is 15.1 Å². The van der Waals surface area contributed by atoms with Crippen LogP contribution in [-0.2, 0) is 11.8 Å². The Kier molecular flexibility index (Phi) is 4.76. The molecule has 2 amide bonds. The van der Waals surface area contributed by atoms with Crippen molar-refractivity contribution in [1.29, 1.82) is 0 Å². The molecular weight excluding hydrogens is 326 g/mol. The Labute approximate surface area is 156 Å². The first kappa shape index (κ1) is 17.6. The molecule has 0 aromatic carbocycles. The molecule has 6 heteroatoms. The second-order valence-corrected chi connectivity index (χ2v) is 8.53. The number of hydrogen-bond acceptors (Lipinski definition) is 4. The third-order valence-electron chi connectivity index (χ3n) is 6.42. The number of amides is 2. The zero-order valence-electron chi connectivity index (χ0n) is 16.1. The van der Waals surface area contributed by atoms with E-state index in [0.717, 1.165) is 57.6 Å². The van der Waals surface area contributed by atoms with E-state index in [4.69, 9.17) is 4.98 Å². The van der Waals surface area contributed by atoms with Gasteiger partial charge in [-0.25, -0.2) is 14.8 Å². The van der Waals surface area contributed by atoms with Crippen LogP contribution in [-0.4, -0.2) is 54.1 Å². The highest BCUT2D eigenvalue weighted by Crippen LogP contribution is 2.44. The number of fused-ring (bicyclic) bond motifs is 2. The first-order valence-corrected chi connectivity index (χ1v) is 10.2. The topological polar surface area (TPSA) is 61.4 Å². The summed E-state index contributed by atoms with van der Waals surface area (Å²) in [6.45, 7) is 1.66. The summed E-state index contributed by atoms with van der Waals surface area (Å²) in [7, 11) is 3.96. The summed E-state index contributed by atoms with van der Waals surface area (Å²) in [5, 5.41) is 3.29. The van der Waals surface area contributed by atoms with Gasteiger partial charge >= 0.3 is 6.03 Å². The molecule has 1 aliphatic heterocycles. The molecule has 1 atom stereocenters. The van der Waals surface area contributed by atoms with Crippen LogP contribution < -0.4 is 10.2 Å². The van der Waals surface area contributed by atoms with Crippen molar-refractivity contribution in [3.05, 3.63) is 17.5 Å². The quantitative estimate of drug-likeness (QED) is 0.884. The molecule has 1 spiro atoms. The first-order valence-electron chi connectivity index (χ1n) is 10.2. The van der Waals surface area contributed by atoms with Gasteiger partial charge in [-0.15, -0.1) is 0 Å². The third kappa shape index (κ3) is 3.26. The Morgan fingerprint density at radius 2 is 2.04 bits per heavy atom. The molecule has 1 saturated heterocycles. The fourth-order valence-corrected chi connectivity index (χ4v) is 4.96. The molecule has 26 heavy (non-hydrogen) atoms. The molecule has 6 nitrogen and oxygen atoms in total. The van der Waals surface area contributed by atoms with Gasteiger partial charge in [-0.3, -0.25) is 0 Å². The number of nitrogens with zero attached hydrogens (tertiary/aromatic N) is 4. The van der Waals surface area contributed by atoms with Crippen LogP contribution in [0.15, 0.2) is 6.20 Å². The van der Waals surface area contributed by atoms with Crippen LogP contribution in [0.1, 0.15) is 62.6 Å². The molecule has 1 unspecified atom stereocenters. The predicted molar refractivity (Wildman–Crippen MR) is 103 cm³/mol. The zero-order chi connectivity index (χ0) is 18.1. The molecule has 2 heterocycles. The van der Waals surface area contributed by atoms with Gasteiger partial charge in [0.15, 0.2) is 0 Å². The van der Waals surface area contributed by atoms with Crippen molar-refractivity contribution in [2.45, 2.75) is 69.2 Å². The molecule has 1 aromatic rings. The summed E-state index contributed by atoms with van der Waals surface area (Å²) in [5.41, 5.74) is 2.47. The molecule has 2 aliphatic carbocycles. The Bertz CT molecular complexity index is 666.